The van der Waals surface area contributed by atoms with Gasteiger partial charge in [0.2, 0.25) is 5.91 Å². The minimum absolute atomic E-state index is 0.359. The number of fused-ring (bicyclic) bond motifs is 1. The standard InChI is InChI=1S/C17H25N3O/c1-11-7-12(17(19)21)5-6-13(11)8-20-9-14-3-2-4-16(18)15(14)10-20/h5-7,14-16H,2-4,8-10,18H2,1H3,(H2,19,21). The van der Waals surface area contributed by atoms with Gasteiger partial charge in [0.25, 0.3) is 0 Å². The van der Waals surface area contributed by atoms with Gasteiger partial charge in [-0.1, -0.05) is 12.5 Å². The van der Waals surface area contributed by atoms with E-state index < -0.39 is 0 Å². The summed E-state index contributed by atoms with van der Waals surface area (Å²) < 4.78 is 0. The van der Waals surface area contributed by atoms with Crippen molar-refractivity contribution in [3.05, 3.63) is 34.9 Å². The van der Waals surface area contributed by atoms with Crippen LogP contribution in [0.15, 0.2) is 18.2 Å². The molecule has 0 spiro atoms. The number of hydrogen-bond acceptors (Lipinski definition) is 3. The van der Waals surface area contributed by atoms with Crippen molar-refractivity contribution in [3.63, 3.8) is 0 Å². The molecular formula is C17H25N3O. The van der Waals surface area contributed by atoms with E-state index in [1.165, 1.54) is 24.8 Å². The third kappa shape index (κ3) is 2.97. The van der Waals surface area contributed by atoms with E-state index in [-0.39, 0.29) is 5.91 Å². The Kier molecular flexibility index (Phi) is 4.00. The average Bonchev–Trinajstić information content (AvgIpc) is 2.85. The number of rotatable bonds is 3. The highest BCUT2D eigenvalue weighted by molar-refractivity contribution is 5.93. The third-order valence-electron chi connectivity index (χ3n) is 5.25. The molecule has 1 aromatic rings. The second kappa shape index (κ2) is 5.78. The molecule has 1 saturated heterocycles. The average molecular weight is 287 g/mol. The van der Waals surface area contributed by atoms with E-state index in [2.05, 4.69) is 11.8 Å². The number of carbonyl (C=O) groups is 1. The van der Waals surface area contributed by atoms with Gasteiger partial charge in [0.1, 0.15) is 0 Å². The van der Waals surface area contributed by atoms with Crippen LogP contribution in [0, 0.1) is 18.8 Å². The fourth-order valence-electron chi connectivity index (χ4n) is 4.01. The Labute approximate surface area is 126 Å². The van der Waals surface area contributed by atoms with Gasteiger partial charge in [-0.05, 0) is 54.9 Å². The van der Waals surface area contributed by atoms with E-state index in [1.807, 2.05) is 18.2 Å². The molecule has 114 valence electrons. The van der Waals surface area contributed by atoms with Crippen molar-refractivity contribution in [1.29, 1.82) is 0 Å². The van der Waals surface area contributed by atoms with Crippen LogP contribution in [0.25, 0.3) is 0 Å². The van der Waals surface area contributed by atoms with Gasteiger partial charge in [-0.25, -0.2) is 0 Å². The summed E-state index contributed by atoms with van der Waals surface area (Å²) in [7, 11) is 0. The fourth-order valence-corrected chi connectivity index (χ4v) is 4.01. The molecular weight excluding hydrogens is 262 g/mol. The number of primary amides is 1. The van der Waals surface area contributed by atoms with Crippen LogP contribution in [-0.4, -0.2) is 29.9 Å². The molecule has 1 aromatic carbocycles. The summed E-state index contributed by atoms with van der Waals surface area (Å²) in [5.74, 6) is 1.09. The third-order valence-corrected chi connectivity index (χ3v) is 5.25. The second-order valence-electron chi connectivity index (χ2n) is 6.72. The molecule has 21 heavy (non-hydrogen) atoms. The number of nitrogens with two attached hydrogens (primary N) is 2. The van der Waals surface area contributed by atoms with Crippen LogP contribution in [0.2, 0.25) is 0 Å². The molecule has 3 unspecified atom stereocenters. The predicted molar refractivity (Wildman–Crippen MR) is 83.8 cm³/mol. The first-order chi connectivity index (χ1) is 10.0. The van der Waals surface area contributed by atoms with Crippen molar-refractivity contribution in [2.45, 2.75) is 38.8 Å². The van der Waals surface area contributed by atoms with Gasteiger partial charge < -0.3 is 11.5 Å². The minimum atomic E-state index is -0.359. The van der Waals surface area contributed by atoms with Gasteiger partial charge >= 0.3 is 0 Å². The summed E-state index contributed by atoms with van der Waals surface area (Å²) >= 11 is 0. The molecule has 1 saturated carbocycles. The highest BCUT2D eigenvalue weighted by Crippen LogP contribution is 2.36. The quantitative estimate of drug-likeness (QED) is 0.888. The Balaban J connectivity index is 1.69. The van der Waals surface area contributed by atoms with Gasteiger partial charge in [-0.15, -0.1) is 0 Å². The zero-order chi connectivity index (χ0) is 15.0. The summed E-state index contributed by atoms with van der Waals surface area (Å²) in [6.07, 6.45) is 3.79. The second-order valence-corrected chi connectivity index (χ2v) is 6.72. The van der Waals surface area contributed by atoms with Crippen LogP contribution in [0.3, 0.4) is 0 Å². The lowest BCUT2D eigenvalue weighted by Gasteiger charge is -2.29. The molecule has 1 aliphatic carbocycles. The summed E-state index contributed by atoms with van der Waals surface area (Å²) in [6.45, 7) is 5.28. The van der Waals surface area contributed by atoms with Crippen LogP contribution in [0.4, 0.5) is 0 Å². The molecule has 0 aromatic heterocycles. The molecule has 1 heterocycles. The number of likely N-dealkylation sites (tertiary alicyclic amines) is 1. The number of hydrogen-bond donors (Lipinski definition) is 2. The summed E-state index contributed by atoms with van der Waals surface area (Å²) in [6, 6.07) is 6.15. The van der Waals surface area contributed by atoms with Gasteiger partial charge in [-0.3, -0.25) is 9.69 Å². The summed E-state index contributed by atoms with van der Waals surface area (Å²) in [5, 5.41) is 0. The maximum absolute atomic E-state index is 11.2. The molecule has 3 rings (SSSR count). The number of amides is 1. The van der Waals surface area contributed by atoms with Gasteiger partial charge in [0.15, 0.2) is 0 Å². The minimum Gasteiger partial charge on any atom is -0.366 e. The van der Waals surface area contributed by atoms with Crippen LogP contribution >= 0.6 is 0 Å². The van der Waals surface area contributed by atoms with Gasteiger partial charge in [0.05, 0.1) is 0 Å². The van der Waals surface area contributed by atoms with Gasteiger partial charge in [-0.2, -0.15) is 0 Å². The Morgan fingerprint density at radius 1 is 1.33 bits per heavy atom. The topological polar surface area (TPSA) is 72.4 Å². The van der Waals surface area contributed by atoms with E-state index in [9.17, 15) is 4.79 Å². The lowest BCUT2D eigenvalue weighted by atomic mass is 9.78. The van der Waals surface area contributed by atoms with Crippen molar-refractivity contribution in [3.8, 4) is 0 Å². The number of nitrogens with zero attached hydrogens (tertiary/aromatic N) is 1. The van der Waals surface area contributed by atoms with Crippen LogP contribution in [0.5, 0.6) is 0 Å². The first-order valence-corrected chi connectivity index (χ1v) is 7.92. The Morgan fingerprint density at radius 2 is 2.14 bits per heavy atom. The number of benzene rings is 1. The zero-order valence-corrected chi connectivity index (χ0v) is 12.7. The molecule has 2 fully saturated rings. The fraction of sp³-hybridized carbons (Fsp3) is 0.588. The summed E-state index contributed by atoms with van der Waals surface area (Å²) in [4.78, 5) is 13.7. The van der Waals surface area contributed by atoms with E-state index >= 15 is 0 Å². The first-order valence-electron chi connectivity index (χ1n) is 7.92. The van der Waals surface area contributed by atoms with Crippen molar-refractivity contribution < 1.29 is 4.79 Å². The number of carbonyl (C=O) groups excluding carboxylic acids is 1. The van der Waals surface area contributed by atoms with Crippen molar-refractivity contribution >= 4 is 5.91 Å². The van der Waals surface area contributed by atoms with Crippen LogP contribution < -0.4 is 11.5 Å². The molecule has 1 amide bonds. The number of aryl methyl sites for hydroxylation is 1. The van der Waals surface area contributed by atoms with E-state index in [0.717, 1.165) is 31.1 Å². The van der Waals surface area contributed by atoms with Crippen LogP contribution in [-0.2, 0) is 6.54 Å². The molecule has 0 radical (unpaired) electrons. The van der Waals surface area contributed by atoms with E-state index in [0.29, 0.717) is 17.5 Å². The largest absolute Gasteiger partial charge is 0.366 e. The highest BCUT2D eigenvalue weighted by atomic mass is 16.1. The molecule has 4 N–H and O–H groups in total. The molecule has 4 heteroatoms. The maximum atomic E-state index is 11.2. The Morgan fingerprint density at radius 3 is 2.81 bits per heavy atom. The SMILES string of the molecule is Cc1cc(C(N)=O)ccc1CN1CC2CCCC(N)C2C1. The Hall–Kier alpha value is -1.39. The van der Waals surface area contributed by atoms with Crippen LogP contribution in [0.1, 0.15) is 40.7 Å². The lowest BCUT2D eigenvalue weighted by Crippen LogP contribution is -2.38. The predicted octanol–water partition coefficient (Wildman–Crippen LogP) is 1.65. The van der Waals surface area contributed by atoms with E-state index in [1.54, 1.807) is 0 Å². The molecule has 4 nitrogen and oxygen atoms in total. The molecule has 1 aliphatic heterocycles. The van der Waals surface area contributed by atoms with Crippen molar-refractivity contribution in [2.24, 2.45) is 23.3 Å². The van der Waals surface area contributed by atoms with Crippen molar-refractivity contribution in [1.82, 2.24) is 4.90 Å². The van der Waals surface area contributed by atoms with Crippen molar-refractivity contribution in [2.75, 3.05) is 13.1 Å². The smallest absolute Gasteiger partial charge is 0.248 e. The lowest BCUT2D eigenvalue weighted by molar-refractivity contribution is 0.1000. The monoisotopic (exact) mass is 287 g/mol. The maximum Gasteiger partial charge on any atom is 0.248 e. The molecule has 0 bridgehead atoms. The van der Waals surface area contributed by atoms with Gasteiger partial charge in [0, 0.05) is 31.2 Å². The molecule has 3 atom stereocenters. The zero-order valence-electron chi connectivity index (χ0n) is 12.7. The highest BCUT2D eigenvalue weighted by Gasteiger charge is 2.38. The molecule has 2 aliphatic rings. The Bertz CT molecular complexity index is 543. The summed E-state index contributed by atoms with van der Waals surface area (Å²) in [5.41, 5.74) is 14.6. The van der Waals surface area contributed by atoms with E-state index in [4.69, 9.17) is 11.5 Å². The first kappa shape index (κ1) is 14.5. The normalized spacial score (nSPS) is 29.3.